The first-order chi connectivity index (χ1) is 11.8. The molecule has 2 aromatic rings. The van der Waals surface area contributed by atoms with E-state index in [2.05, 4.69) is 4.74 Å². The van der Waals surface area contributed by atoms with Crippen LogP contribution in [0.1, 0.15) is 16.7 Å². The van der Waals surface area contributed by atoms with Crippen LogP contribution in [-0.4, -0.2) is 12.9 Å². The van der Waals surface area contributed by atoms with Gasteiger partial charge in [-0.15, -0.1) is 13.2 Å². The molecule has 0 bridgehead atoms. The maximum absolute atomic E-state index is 14.5. The first-order valence-electron chi connectivity index (χ1n) is 7.29. The van der Waals surface area contributed by atoms with Gasteiger partial charge in [-0.2, -0.15) is 5.26 Å². The molecule has 0 saturated heterocycles. The summed E-state index contributed by atoms with van der Waals surface area (Å²) in [5, 5.41) is 8.96. The molecule has 0 atom stereocenters. The van der Waals surface area contributed by atoms with Gasteiger partial charge in [-0.1, -0.05) is 12.1 Å². The second-order valence-corrected chi connectivity index (χ2v) is 5.51. The standard InChI is InChI=1S/C17H11F5N2O/c18-14-3-1-2-10-9-24(5-4-13(10)14)15-7-12(25-17(20,21)22)6-11(8-23)16(15)19/h1-3,6-7H,4-5,9H2. The average molecular weight is 354 g/mol. The highest BCUT2D eigenvalue weighted by atomic mass is 19.4. The topological polar surface area (TPSA) is 36.3 Å². The molecule has 2 aromatic carbocycles. The zero-order valence-corrected chi connectivity index (χ0v) is 12.7. The van der Waals surface area contributed by atoms with Crippen LogP contribution in [0.25, 0.3) is 0 Å². The third-order valence-electron chi connectivity index (χ3n) is 3.93. The number of nitrogens with zero attached hydrogens (tertiary/aromatic N) is 2. The lowest BCUT2D eigenvalue weighted by atomic mass is 9.98. The van der Waals surface area contributed by atoms with Crippen molar-refractivity contribution in [2.45, 2.75) is 19.3 Å². The largest absolute Gasteiger partial charge is 0.573 e. The quantitative estimate of drug-likeness (QED) is 0.755. The van der Waals surface area contributed by atoms with E-state index in [1.54, 1.807) is 6.07 Å². The summed E-state index contributed by atoms with van der Waals surface area (Å²) in [6.07, 6.45) is -4.69. The monoisotopic (exact) mass is 354 g/mol. The average Bonchev–Trinajstić information content (AvgIpc) is 2.55. The van der Waals surface area contributed by atoms with Crippen molar-refractivity contribution in [3.8, 4) is 11.8 Å². The minimum Gasteiger partial charge on any atom is -0.406 e. The Bertz CT molecular complexity index is 857. The number of rotatable bonds is 2. The van der Waals surface area contributed by atoms with E-state index in [0.29, 0.717) is 17.2 Å². The molecule has 0 spiro atoms. The molecule has 0 fully saturated rings. The van der Waals surface area contributed by atoms with Gasteiger partial charge in [0.25, 0.3) is 0 Å². The van der Waals surface area contributed by atoms with E-state index in [-0.39, 0.29) is 31.0 Å². The highest BCUT2D eigenvalue weighted by molar-refractivity contribution is 5.59. The lowest BCUT2D eigenvalue weighted by molar-refractivity contribution is -0.274. The number of hydrogen-bond acceptors (Lipinski definition) is 3. The van der Waals surface area contributed by atoms with Crippen LogP contribution in [-0.2, 0) is 13.0 Å². The zero-order valence-electron chi connectivity index (χ0n) is 12.7. The molecule has 25 heavy (non-hydrogen) atoms. The van der Waals surface area contributed by atoms with Gasteiger partial charge in [-0.3, -0.25) is 0 Å². The molecule has 0 aromatic heterocycles. The first kappa shape index (κ1) is 17.0. The van der Waals surface area contributed by atoms with Crippen molar-refractivity contribution < 1.29 is 26.7 Å². The molecule has 130 valence electrons. The highest BCUT2D eigenvalue weighted by Crippen LogP contribution is 2.34. The molecule has 1 heterocycles. The fraction of sp³-hybridized carbons (Fsp3) is 0.235. The molecule has 1 aliphatic heterocycles. The number of ether oxygens (including phenoxy) is 1. The lowest BCUT2D eigenvalue weighted by Crippen LogP contribution is -2.32. The molecule has 0 radical (unpaired) electrons. The van der Waals surface area contributed by atoms with E-state index in [9.17, 15) is 22.0 Å². The van der Waals surface area contributed by atoms with Gasteiger partial charge in [-0.05, 0) is 23.6 Å². The third-order valence-corrected chi connectivity index (χ3v) is 3.93. The molecule has 3 nitrogen and oxygen atoms in total. The molecule has 0 N–H and O–H groups in total. The van der Waals surface area contributed by atoms with Crippen molar-refractivity contribution in [1.29, 1.82) is 5.26 Å². The molecule has 8 heteroatoms. The molecule has 0 unspecified atom stereocenters. The zero-order chi connectivity index (χ0) is 18.2. The normalized spacial score (nSPS) is 14.0. The Hall–Kier alpha value is -2.82. The van der Waals surface area contributed by atoms with Crippen LogP contribution in [0.5, 0.6) is 5.75 Å². The molecular weight excluding hydrogens is 343 g/mol. The van der Waals surface area contributed by atoms with E-state index < -0.39 is 23.5 Å². The first-order valence-corrected chi connectivity index (χ1v) is 7.29. The third kappa shape index (κ3) is 3.50. The summed E-state index contributed by atoms with van der Waals surface area (Å²) >= 11 is 0. The number of fused-ring (bicyclic) bond motifs is 1. The molecule has 0 aliphatic carbocycles. The van der Waals surface area contributed by atoms with Gasteiger partial charge >= 0.3 is 6.36 Å². The Morgan fingerprint density at radius 1 is 1.16 bits per heavy atom. The van der Waals surface area contributed by atoms with Crippen LogP contribution in [0.2, 0.25) is 0 Å². The summed E-state index contributed by atoms with van der Waals surface area (Å²) in [5.41, 5.74) is 0.378. The smallest absolute Gasteiger partial charge is 0.406 e. The second-order valence-electron chi connectivity index (χ2n) is 5.51. The summed E-state index contributed by atoms with van der Waals surface area (Å²) in [6.45, 7) is 0.315. The minimum atomic E-state index is -4.96. The Labute approximate surface area is 139 Å². The van der Waals surface area contributed by atoms with Gasteiger partial charge in [0, 0.05) is 25.2 Å². The predicted molar refractivity (Wildman–Crippen MR) is 79.0 cm³/mol. The van der Waals surface area contributed by atoms with Crippen LogP contribution in [0.3, 0.4) is 0 Å². The summed E-state index contributed by atoms with van der Waals surface area (Å²) in [7, 11) is 0. The van der Waals surface area contributed by atoms with Gasteiger partial charge in [0.2, 0.25) is 0 Å². The van der Waals surface area contributed by atoms with Crippen LogP contribution in [0.15, 0.2) is 30.3 Å². The molecule has 0 amide bonds. The number of halogens is 5. The van der Waals surface area contributed by atoms with Gasteiger partial charge < -0.3 is 9.64 Å². The summed E-state index contributed by atoms with van der Waals surface area (Å²) in [6, 6.07) is 7.62. The number of anilines is 1. The van der Waals surface area contributed by atoms with Gasteiger partial charge in [0.05, 0.1) is 11.3 Å². The van der Waals surface area contributed by atoms with Crippen LogP contribution >= 0.6 is 0 Å². The maximum Gasteiger partial charge on any atom is 0.573 e. The lowest BCUT2D eigenvalue weighted by Gasteiger charge is -2.31. The molecule has 1 aliphatic rings. The fourth-order valence-electron chi connectivity index (χ4n) is 2.86. The summed E-state index contributed by atoms with van der Waals surface area (Å²) in [5.74, 6) is -1.98. The SMILES string of the molecule is N#Cc1cc(OC(F)(F)F)cc(N2CCc3c(F)cccc3C2)c1F. The van der Waals surface area contributed by atoms with Crippen molar-refractivity contribution in [2.75, 3.05) is 11.4 Å². The van der Waals surface area contributed by atoms with Crippen LogP contribution in [0, 0.1) is 23.0 Å². The number of alkyl halides is 3. The summed E-state index contributed by atoms with van der Waals surface area (Å²) in [4.78, 5) is 1.46. The predicted octanol–water partition coefficient (Wildman–Crippen LogP) is 4.30. The van der Waals surface area contributed by atoms with Crippen molar-refractivity contribution in [2.24, 2.45) is 0 Å². The van der Waals surface area contributed by atoms with Crippen molar-refractivity contribution in [1.82, 2.24) is 0 Å². The van der Waals surface area contributed by atoms with Crippen LogP contribution < -0.4 is 9.64 Å². The van der Waals surface area contributed by atoms with Gasteiger partial charge in [0.15, 0.2) is 5.82 Å². The van der Waals surface area contributed by atoms with E-state index in [1.165, 1.54) is 23.1 Å². The number of hydrogen-bond donors (Lipinski definition) is 0. The maximum atomic E-state index is 14.5. The second kappa shape index (κ2) is 6.24. The van der Waals surface area contributed by atoms with Gasteiger partial charge in [0.1, 0.15) is 17.6 Å². The van der Waals surface area contributed by atoms with E-state index in [0.717, 1.165) is 6.07 Å². The number of nitriles is 1. The van der Waals surface area contributed by atoms with Crippen molar-refractivity contribution >= 4 is 5.69 Å². The molecular formula is C17H11F5N2O. The Kier molecular flexibility index (Phi) is 4.25. The van der Waals surface area contributed by atoms with Crippen molar-refractivity contribution in [3.05, 3.63) is 58.7 Å². The van der Waals surface area contributed by atoms with E-state index in [4.69, 9.17) is 5.26 Å². The minimum absolute atomic E-state index is 0.115. The summed E-state index contributed by atoms with van der Waals surface area (Å²) < 4.78 is 69.4. The molecule has 0 saturated carbocycles. The van der Waals surface area contributed by atoms with Crippen LogP contribution in [0.4, 0.5) is 27.6 Å². The Morgan fingerprint density at radius 2 is 1.92 bits per heavy atom. The Morgan fingerprint density at radius 3 is 2.60 bits per heavy atom. The fourth-order valence-corrected chi connectivity index (χ4v) is 2.86. The molecule has 3 rings (SSSR count). The van der Waals surface area contributed by atoms with E-state index in [1.807, 2.05) is 0 Å². The Balaban J connectivity index is 1.99. The highest BCUT2D eigenvalue weighted by Gasteiger charge is 2.32. The number of benzene rings is 2. The van der Waals surface area contributed by atoms with Gasteiger partial charge in [-0.25, -0.2) is 8.78 Å². The van der Waals surface area contributed by atoms with E-state index >= 15 is 0 Å². The van der Waals surface area contributed by atoms with Crippen molar-refractivity contribution in [3.63, 3.8) is 0 Å².